The maximum absolute atomic E-state index is 11.1. The van der Waals surface area contributed by atoms with Crippen LogP contribution in [0.3, 0.4) is 0 Å². The lowest BCUT2D eigenvalue weighted by atomic mass is 10.2. The Labute approximate surface area is 158 Å². The van der Waals surface area contributed by atoms with Crippen molar-refractivity contribution in [3.8, 4) is 0 Å². The minimum absolute atomic E-state index is 0.0991. The van der Waals surface area contributed by atoms with Crippen LogP contribution in [0.25, 0.3) is 0 Å². The van der Waals surface area contributed by atoms with Crippen molar-refractivity contribution >= 4 is 34.7 Å². The van der Waals surface area contributed by atoms with Gasteiger partial charge >= 0.3 is 0 Å². The van der Waals surface area contributed by atoms with E-state index in [-0.39, 0.29) is 10.7 Å². The van der Waals surface area contributed by atoms with Gasteiger partial charge in [0.2, 0.25) is 5.95 Å². The van der Waals surface area contributed by atoms with Gasteiger partial charge in [0.15, 0.2) is 0 Å². The van der Waals surface area contributed by atoms with Crippen LogP contribution in [-0.2, 0) is 6.42 Å². The second kappa shape index (κ2) is 9.33. The Balaban J connectivity index is 2.36. The molecule has 0 radical (unpaired) electrons. The molecule has 0 unspecified atom stereocenters. The third-order valence-electron chi connectivity index (χ3n) is 4.04. The number of nitro groups is 1. The topological polar surface area (TPSA) is 84.2 Å². The van der Waals surface area contributed by atoms with Gasteiger partial charge in [-0.05, 0) is 38.8 Å². The summed E-state index contributed by atoms with van der Waals surface area (Å²) in [6, 6.07) is 6.57. The molecule has 0 aliphatic rings. The number of hydrogen-bond acceptors (Lipinski definition) is 6. The maximum atomic E-state index is 11.1. The molecule has 26 heavy (non-hydrogen) atoms. The van der Waals surface area contributed by atoms with E-state index in [0.29, 0.717) is 11.6 Å². The Bertz CT molecular complexity index is 765. The number of rotatable bonds is 9. The molecular formula is C18H24ClN5O2. The fourth-order valence-electron chi connectivity index (χ4n) is 2.59. The zero-order chi connectivity index (χ0) is 19.1. The van der Waals surface area contributed by atoms with Gasteiger partial charge in [-0.25, -0.2) is 4.98 Å². The van der Waals surface area contributed by atoms with Crippen LogP contribution in [0.2, 0.25) is 5.02 Å². The summed E-state index contributed by atoms with van der Waals surface area (Å²) in [5, 5.41) is 14.2. The first-order chi connectivity index (χ1) is 12.5. The molecule has 0 bridgehead atoms. The van der Waals surface area contributed by atoms with Gasteiger partial charge in [-0.1, -0.05) is 24.9 Å². The van der Waals surface area contributed by atoms with Gasteiger partial charge < -0.3 is 10.2 Å². The number of nitrogens with one attached hydrogen (secondary N) is 1. The quantitative estimate of drug-likeness (QED) is 0.490. The van der Waals surface area contributed by atoms with Gasteiger partial charge in [0.1, 0.15) is 10.8 Å². The van der Waals surface area contributed by atoms with Crippen LogP contribution < -0.4 is 10.2 Å². The summed E-state index contributed by atoms with van der Waals surface area (Å²) in [7, 11) is 0. The molecule has 0 saturated carbocycles. The number of nitro benzene ring substituents is 1. The van der Waals surface area contributed by atoms with E-state index >= 15 is 0 Å². The van der Waals surface area contributed by atoms with E-state index in [1.807, 2.05) is 6.07 Å². The van der Waals surface area contributed by atoms with E-state index in [9.17, 15) is 10.1 Å². The van der Waals surface area contributed by atoms with Crippen LogP contribution in [0.15, 0.2) is 24.3 Å². The third-order valence-corrected chi connectivity index (χ3v) is 4.36. The van der Waals surface area contributed by atoms with E-state index < -0.39 is 4.92 Å². The number of benzene rings is 1. The van der Waals surface area contributed by atoms with Gasteiger partial charge in [-0.2, -0.15) is 4.98 Å². The maximum Gasteiger partial charge on any atom is 0.289 e. The Morgan fingerprint density at radius 3 is 2.54 bits per heavy atom. The first kappa shape index (κ1) is 19.9. The van der Waals surface area contributed by atoms with Crippen LogP contribution in [0.4, 0.5) is 23.1 Å². The Morgan fingerprint density at radius 1 is 1.19 bits per heavy atom. The van der Waals surface area contributed by atoms with Crippen molar-refractivity contribution in [3.05, 3.63) is 45.1 Å². The molecule has 1 N–H and O–H groups in total. The molecule has 1 heterocycles. The van der Waals surface area contributed by atoms with Crippen molar-refractivity contribution < 1.29 is 4.92 Å². The summed E-state index contributed by atoms with van der Waals surface area (Å²) >= 11 is 5.87. The second-order valence-corrected chi connectivity index (χ2v) is 6.27. The highest BCUT2D eigenvalue weighted by Gasteiger charge is 2.14. The molecule has 2 rings (SSSR count). The Kier molecular flexibility index (Phi) is 7.15. The predicted octanol–water partition coefficient (Wildman–Crippen LogP) is 4.97. The summed E-state index contributed by atoms with van der Waals surface area (Å²) in [6.07, 6.45) is 2.99. The van der Waals surface area contributed by atoms with Gasteiger partial charge in [0.25, 0.3) is 5.69 Å². The van der Waals surface area contributed by atoms with Crippen molar-refractivity contribution in [3.63, 3.8) is 0 Å². The number of nitrogens with zero attached hydrogens (tertiary/aromatic N) is 4. The SMILES string of the molecule is CCCCc1cc(N(CC)CC)nc(Nc2ccc(Cl)c([N+](=O)[O-])c2)n1. The van der Waals surface area contributed by atoms with E-state index in [1.54, 1.807) is 6.07 Å². The van der Waals surface area contributed by atoms with E-state index in [4.69, 9.17) is 11.6 Å². The molecule has 0 saturated heterocycles. The molecule has 8 heteroatoms. The zero-order valence-electron chi connectivity index (χ0n) is 15.3. The number of unbranched alkanes of at least 4 members (excludes halogenated alkanes) is 1. The Morgan fingerprint density at radius 2 is 1.92 bits per heavy atom. The fraction of sp³-hybridized carbons (Fsp3) is 0.444. The van der Waals surface area contributed by atoms with Crippen LogP contribution in [-0.4, -0.2) is 28.0 Å². The highest BCUT2D eigenvalue weighted by Crippen LogP contribution is 2.29. The minimum atomic E-state index is -0.507. The smallest absolute Gasteiger partial charge is 0.289 e. The van der Waals surface area contributed by atoms with Gasteiger partial charge in [0.05, 0.1) is 4.92 Å². The predicted molar refractivity (Wildman–Crippen MR) is 106 cm³/mol. The fourth-order valence-corrected chi connectivity index (χ4v) is 2.78. The van der Waals surface area contributed by atoms with E-state index in [1.165, 1.54) is 12.1 Å². The van der Waals surface area contributed by atoms with Crippen molar-refractivity contribution in [1.29, 1.82) is 0 Å². The monoisotopic (exact) mass is 377 g/mol. The summed E-state index contributed by atoms with van der Waals surface area (Å²) < 4.78 is 0. The molecule has 0 atom stereocenters. The van der Waals surface area contributed by atoms with Crippen LogP contribution in [0, 0.1) is 10.1 Å². The molecule has 0 aliphatic carbocycles. The number of anilines is 3. The number of hydrogen-bond donors (Lipinski definition) is 1. The molecule has 1 aromatic carbocycles. The lowest BCUT2D eigenvalue weighted by Crippen LogP contribution is -2.23. The van der Waals surface area contributed by atoms with Crippen molar-refractivity contribution in [2.24, 2.45) is 0 Å². The normalized spacial score (nSPS) is 10.6. The largest absolute Gasteiger partial charge is 0.357 e. The minimum Gasteiger partial charge on any atom is -0.357 e. The van der Waals surface area contributed by atoms with E-state index in [2.05, 4.69) is 41.0 Å². The number of aromatic nitrogens is 2. The lowest BCUT2D eigenvalue weighted by molar-refractivity contribution is -0.384. The summed E-state index contributed by atoms with van der Waals surface area (Å²) in [6.45, 7) is 7.97. The summed E-state index contributed by atoms with van der Waals surface area (Å²) in [5.74, 6) is 1.28. The standard InChI is InChI=1S/C18H24ClN5O2/c1-4-7-8-13-12-17(23(5-2)6-3)22-18(20-13)21-14-9-10-15(19)16(11-14)24(25)26/h9-12H,4-8H2,1-3H3,(H,20,21,22). The van der Waals surface area contributed by atoms with E-state index in [0.717, 1.165) is 43.9 Å². The molecule has 140 valence electrons. The highest BCUT2D eigenvalue weighted by atomic mass is 35.5. The summed E-state index contributed by atoms with van der Waals surface area (Å²) in [5.41, 5.74) is 1.33. The zero-order valence-corrected chi connectivity index (χ0v) is 16.1. The molecule has 7 nitrogen and oxygen atoms in total. The average molecular weight is 378 g/mol. The first-order valence-electron chi connectivity index (χ1n) is 8.82. The molecular weight excluding hydrogens is 354 g/mol. The van der Waals surface area contributed by atoms with Crippen LogP contribution in [0.1, 0.15) is 39.3 Å². The molecule has 0 aliphatic heterocycles. The average Bonchev–Trinajstić information content (AvgIpc) is 2.62. The molecule has 0 spiro atoms. The summed E-state index contributed by atoms with van der Waals surface area (Å²) in [4.78, 5) is 21.9. The highest BCUT2D eigenvalue weighted by molar-refractivity contribution is 6.32. The molecule has 1 aromatic heterocycles. The third kappa shape index (κ3) is 5.05. The lowest BCUT2D eigenvalue weighted by Gasteiger charge is -2.21. The number of halogens is 1. The van der Waals surface area contributed by atoms with Crippen molar-refractivity contribution in [2.75, 3.05) is 23.3 Å². The Hall–Kier alpha value is -2.41. The molecule has 2 aromatic rings. The van der Waals surface area contributed by atoms with Gasteiger partial charge in [0, 0.05) is 36.6 Å². The molecule has 0 amide bonds. The number of aryl methyl sites for hydroxylation is 1. The van der Waals surface area contributed by atoms with Gasteiger partial charge in [-0.15, -0.1) is 0 Å². The van der Waals surface area contributed by atoms with Crippen molar-refractivity contribution in [1.82, 2.24) is 9.97 Å². The molecule has 0 fully saturated rings. The first-order valence-corrected chi connectivity index (χ1v) is 9.20. The van der Waals surface area contributed by atoms with Crippen LogP contribution >= 0.6 is 11.6 Å². The van der Waals surface area contributed by atoms with Crippen molar-refractivity contribution in [2.45, 2.75) is 40.0 Å². The van der Waals surface area contributed by atoms with Crippen LogP contribution in [0.5, 0.6) is 0 Å². The second-order valence-electron chi connectivity index (χ2n) is 5.87. The van der Waals surface area contributed by atoms with Gasteiger partial charge in [-0.3, -0.25) is 10.1 Å².